The lowest BCUT2D eigenvalue weighted by Crippen LogP contribution is -2.38. The summed E-state index contributed by atoms with van der Waals surface area (Å²) in [5, 5.41) is 2.82. The molecule has 24 heavy (non-hydrogen) atoms. The van der Waals surface area contributed by atoms with Crippen molar-refractivity contribution >= 4 is 21.7 Å². The molecule has 1 aromatic rings. The van der Waals surface area contributed by atoms with Crippen molar-refractivity contribution in [2.75, 3.05) is 18.4 Å². The van der Waals surface area contributed by atoms with Crippen molar-refractivity contribution in [1.82, 2.24) is 9.62 Å². The maximum atomic E-state index is 12.3. The van der Waals surface area contributed by atoms with Crippen LogP contribution in [0.5, 0.6) is 0 Å². The molecule has 1 atom stereocenters. The first kappa shape index (κ1) is 18.7. The topological polar surface area (TPSA) is 78.5 Å². The zero-order chi connectivity index (χ0) is 17.6. The molecule has 2 amide bonds. The van der Waals surface area contributed by atoms with E-state index < -0.39 is 10.0 Å². The van der Waals surface area contributed by atoms with E-state index in [0.29, 0.717) is 5.69 Å². The first-order valence-electron chi connectivity index (χ1n) is 8.60. The Balaban J connectivity index is 1.98. The van der Waals surface area contributed by atoms with Crippen LogP contribution in [-0.4, -0.2) is 38.5 Å². The highest BCUT2D eigenvalue weighted by Gasteiger charge is 2.18. The van der Waals surface area contributed by atoms with E-state index >= 15 is 0 Å². The van der Waals surface area contributed by atoms with Crippen molar-refractivity contribution in [3.63, 3.8) is 0 Å². The van der Waals surface area contributed by atoms with Gasteiger partial charge < -0.3 is 10.2 Å². The van der Waals surface area contributed by atoms with E-state index in [1.807, 2.05) is 13.8 Å². The number of hydrogen-bond donors (Lipinski definition) is 2. The van der Waals surface area contributed by atoms with Crippen LogP contribution >= 0.6 is 0 Å². The molecular weight excluding hydrogens is 326 g/mol. The van der Waals surface area contributed by atoms with Crippen LogP contribution < -0.4 is 10.0 Å². The molecule has 1 heterocycles. The summed E-state index contributed by atoms with van der Waals surface area (Å²) in [4.78, 5) is 14.2. The third-order valence-electron chi connectivity index (χ3n) is 4.14. The quantitative estimate of drug-likeness (QED) is 0.824. The number of hydrogen-bond acceptors (Lipinski definition) is 3. The molecule has 0 aromatic heterocycles. The number of nitrogens with one attached hydrogen (secondary N) is 2. The second-order valence-corrected chi connectivity index (χ2v) is 8.03. The Labute approximate surface area is 144 Å². The zero-order valence-electron chi connectivity index (χ0n) is 14.4. The fourth-order valence-electron chi connectivity index (χ4n) is 2.84. The predicted molar refractivity (Wildman–Crippen MR) is 95.6 cm³/mol. The zero-order valence-corrected chi connectivity index (χ0v) is 15.2. The third-order valence-corrected chi connectivity index (χ3v) is 5.74. The Morgan fingerprint density at radius 2 is 1.79 bits per heavy atom. The molecule has 2 rings (SSSR count). The number of amides is 2. The van der Waals surface area contributed by atoms with Crippen molar-refractivity contribution in [2.45, 2.75) is 56.9 Å². The number of urea groups is 1. The molecule has 6 nitrogen and oxygen atoms in total. The molecule has 7 heteroatoms. The van der Waals surface area contributed by atoms with Gasteiger partial charge >= 0.3 is 6.03 Å². The van der Waals surface area contributed by atoms with Gasteiger partial charge in [0.05, 0.1) is 4.90 Å². The summed E-state index contributed by atoms with van der Waals surface area (Å²) in [6, 6.07) is 6.07. The van der Waals surface area contributed by atoms with Crippen LogP contribution in [0.15, 0.2) is 29.2 Å². The highest BCUT2D eigenvalue weighted by atomic mass is 32.2. The van der Waals surface area contributed by atoms with E-state index in [9.17, 15) is 13.2 Å². The Hall–Kier alpha value is -1.60. The maximum absolute atomic E-state index is 12.3. The monoisotopic (exact) mass is 353 g/mol. The smallest absolute Gasteiger partial charge is 0.321 e. The van der Waals surface area contributed by atoms with Gasteiger partial charge in [-0.25, -0.2) is 17.9 Å². The van der Waals surface area contributed by atoms with Crippen LogP contribution in [0.1, 0.15) is 46.0 Å². The average molecular weight is 353 g/mol. The fourth-order valence-corrected chi connectivity index (χ4v) is 4.12. The summed E-state index contributed by atoms with van der Waals surface area (Å²) in [5.74, 6) is 0. The SMILES string of the molecule is CCCC(C)NS(=O)(=O)c1ccc(NC(=O)N2CCCCC2)cc1. The second-order valence-electron chi connectivity index (χ2n) is 6.31. The standard InChI is InChI=1S/C17H27N3O3S/c1-3-7-14(2)19-24(22,23)16-10-8-15(9-11-16)18-17(21)20-12-5-4-6-13-20/h8-11,14,19H,3-7,12-13H2,1-2H3,(H,18,21). The van der Waals surface area contributed by atoms with Gasteiger partial charge in [0.15, 0.2) is 0 Å². The molecular formula is C17H27N3O3S. The average Bonchev–Trinajstić information content (AvgIpc) is 2.56. The van der Waals surface area contributed by atoms with E-state index in [-0.39, 0.29) is 17.0 Å². The maximum Gasteiger partial charge on any atom is 0.321 e. The van der Waals surface area contributed by atoms with Crippen LogP contribution in [0.4, 0.5) is 10.5 Å². The lowest BCUT2D eigenvalue weighted by atomic mass is 10.1. The fraction of sp³-hybridized carbons (Fsp3) is 0.588. The number of anilines is 1. The van der Waals surface area contributed by atoms with E-state index in [0.717, 1.165) is 38.8 Å². The van der Waals surface area contributed by atoms with Gasteiger partial charge in [0.25, 0.3) is 0 Å². The Bertz CT molecular complexity index is 638. The molecule has 134 valence electrons. The molecule has 0 spiro atoms. The summed E-state index contributed by atoms with van der Waals surface area (Å²) in [5.41, 5.74) is 0.603. The third kappa shape index (κ3) is 5.21. The number of carbonyl (C=O) groups excluding carboxylic acids is 1. The Morgan fingerprint density at radius 3 is 2.38 bits per heavy atom. The highest BCUT2D eigenvalue weighted by molar-refractivity contribution is 7.89. The van der Waals surface area contributed by atoms with Crippen LogP contribution in [0.3, 0.4) is 0 Å². The Morgan fingerprint density at radius 1 is 1.17 bits per heavy atom. The van der Waals surface area contributed by atoms with Crippen molar-refractivity contribution in [3.05, 3.63) is 24.3 Å². The molecule has 0 bridgehead atoms. The minimum atomic E-state index is -3.52. The number of likely N-dealkylation sites (tertiary alicyclic amines) is 1. The van der Waals surface area contributed by atoms with Crippen LogP contribution in [-0.2, 0) is 10.0 Å². The lowest BCUT2D eigenvalue weighted by Gasteiger charge is -2.26. The lowest BCUT2D eigenvalue weighted by molar-refractivity contribution is 0.200. The van der Waals surface area contributed by atoms with Crippen LogP contribution in [0.25, 0.3) is 0 Å². The van der Waals surface area contributed by atoms with Gasteiger partial charge in [0.2, 0.25) is 10.0 Å². The number of nitrogens with zero attached hydrogens (tertiary/aromatic N) is 1. The molecule has 0 aliphatic carbocycles. The minimum Gasteiger partial charge on any atom is -0.325 e. The predicted octanol–water partition coefficient (Wildman–Crippen LogP) is 3.17. The number of sulfonamides is 1. The van der Waals surface area contributed by atoms with Gasteiger partial charge in [-0.2, -0.15) is 0 Å². The normalized spacial score (nSPS) is 16.7. The van der Waals surface area contributed by atoms with Crippen molar-refractivity contribution in [2.24, 2.45) is 0 Å². The minimum absolute atomic E-state index is 0.0986. The number of carbonyl (C=O) groups is 1. The van der Waals surface area contributed by atoms with Gasteiger partial charge in [-0.05, 0) is 56.9 Å². The summed E-state index contributed by atoms with van der Waals surface area (Å²) < 4.78 is 27.2. The number of benzene rings is 1. The van der Waals surface area contributed by atoms with E-state index in [4.69, 9.17) is 0 Å². The van der Waals surface area contributed by atoms with Gasteiger partial charge in [-0.3, -0.25) is 0 Å². The first-order valence-corrected chi connectivity index (χ1v) is 10.1. The van der Waals surface area contributed by atoms with Crippen molar-refractivity contribution in [3.8, 4) is 0 Å². The largest absolute Gasteiger partial charge is 0.325 e. The molecule has 1 aliphatic heterocycles. The first-order chi connectivity index (χ1) is 11.4. The van der Waals surface area contributed by atoms with Crippen molar-refractivity contribution < 1.29 is 13.2 Å². The van der Waals surface area contributed by atoms with Crippen LogP contribution in [0.2, 0.25) is 0 Å². The second kappa shape index (κ2) is 8.48. The number of rotatable bonds is 6. The highest BCUT2D eigenvalue weighted by Crippen LogP contribution is 2.16. The molecule has 1 fully saturated rings. The number of piperidine rings is 1. The summed E-state index contributed by atoms with van der Waals surface area (Å²) in [7, 11) is -3.52. The molecule has 1 unspecified atom stereocenters. The Kier molecular flexibility index (Phi) is 6.62. The molecule has 1 aliphatic rings. The van der Waals surface area contributed by atoms with Gasteiger partial charge in [0, 0.05) is 24.8 Å². The van der Waals surface area contributed by atoms with E-state index in [1.165, 1.54) is 18.6 Å². The van der Waals surface area contributed by atoms with Gasteiger partial charge in [-0.1, -0.05) is 13.3 Å². The van der Waals surface area contributed by atoms with E-state index in [1.54, 1.807) is 17.0 Å². The van der Waals surface area contributed by atoms with Crippen LogP contribution in [0, 0.1) is 0 Å². The van der Waals surface area contributed by atoms with Gasteiger partial charge in [-0.15, -0.1) is 0 Å². The summed E-state index contributed by atoms with van der Waals surface area (Å²) in [6.07, 6.45) is 4.95. The van der Waals surface area contributed by atoms with E-state index in [2.05, 4.69) is 10.0 Å². The summed E-state index contributed by atoms with van der Waals surface area (Å²) in [6.45, 7) is 5.42. The van der Waals surface area contributed by atoms with Crippen molar-refractivity contribution in [1.29, 1.82) is 0 Å². The molecule has 2 N–H and O–H groups in total. The molecule has 0 radical (unpaired) electrons. The molecule has 1 aromatic carbocycles. The van der Waals surface area contributed by atoms with Gasteiger partial charge in [0.1, 0.15) is 0 Å². The summed E-state index contributed by atoms with van der Waals surface area (Å²) >= 11 is 0. The molecule has 0 saturated carbocycles. The molecule has 1 saturated heterocycles.